The number of esters is 2. The van der Waals surface area contributed by atoms with E-state index in [-0.39, 0.29) is 28.2 Å². The highest BCUT2D eigenvalue weighted by atomic mass is 19.4. The van der Waals surface area contributed by atoms with Crippen molar-refractivity contribution in [2.45, 2.75) is 19.3 Å². The van der Waals surface area contributed by atoms with Crippen LogP contribution in [0, 0.1) is 0 Å². The number of ether oxygens (including phenoxy) is 2. The topological polar surface area (TPSA) is 137 Å². The Morgan fingerprint density at radius 2 is 1.22 bits per heavy atom. The molecule has 15 heteroatoms. The Labute approximate surface area is 207 Å². The number of alkyl halides is 6. The SMILES string of the molecule is CNc1cc(C(=O)OC)c(N)cc1C(F)(F)F.COC(=O)c1cc(N(C)C(C)=O)c(C(F)(F)F)cc1N. The number of nitrogen functional groups attached to an aromatic ring is 2. The predicted octanol–water partition coefficient (Wildman–Crippen LogP) is 4.17. The van der Waals surface area contributed by atoms with Crippen LogP contribution in [0.2, 0.25) is 0 Å². The summed E-state index contributed by atoms with van der Waals surface area (Å²) in [5, 5.41) is 2.37. The largest absolute Gasteiger partial charge is 0.465 e. The van der Waals surface area contributed by atoms with Gasteiger partial charge in [-0.15, -0.1) is 0 Å². The van der Waals surface area contributed by atoms with E-state index in [1.165, 1.54) is 14.1 Å². The molecule has 0 aliphatic rings. The second-order valence-corrected chi connectivity index (χ2v) is 7.25. The molecule has 0 saturated heterocycles. The Kier molecular flexibility index (Phi) is 9.77. The summed E-state index contributed by atoms with van der Waals surface area (Å²) < 4.78 is 85.6. The quantitative estimate of drug-likeness (QED) is 0.300. The maximum Gasteiger partial charge on any atom is 0.418 e. The van der Waals surface area contributed by atoms with Gasteiger partial charge in [0.15, 0.2) is 0 Å². The van der Waals surface area contributed by atoms with Gasteiger partial charge in [0.05, 0.1) is 42.2 Å². The lowest BCUT2D eigenvalue weighted by atomic mass is 10.0. The number of rotatable bonds is 4. The molecule has 2 rings (SSSR count). The smallest absolute Gasteiger partial charge is 0.418 e. The molecule has 0 atom stereocenters. The normalized spacial score (nSPS) is 11.1. The van der Waals surface area contributed by atoms with Gasteiger partial charge in [-0.3, -0.25) is 4.79 Å². The number of nitrogens with two attached hydrogens (primary N) is 2. The molecule has 9 nitrogen and oxygen atoms in total. The molecule has 0 unspecified atom stereocenters. The van der Waals surface area contributed by atoms with Crippen LogP contribution in [0.5, 0.6) is 0 Å². The fourth-order valence-electron chi connectivity index (χ4n) is 2.91. The number of anilines is 4. The number of amides is 1. The summed E-state index contributed by atoms with van der Waals surface area (Å²) >= 11 is 0. The van der Waals surface area contributed by atoms with E-state index in [0.717, 1.165) is 38.2 Å². The Morgan fingerprint density at radius 3 is 1.57 bits per heavy atom. The first-order chi connectivity index (χ1) is 16.9. The van der Waals surface area contributed by atoms with Gasteiger partial charge < -0.3 is 31.2 Å². The predicted molar refractivity (Wildman–Crippen MR) is 123 cm³/mol. The third-order valence-corrected chi connectivity index (χ3v) is 4.88. The molecule has 1 amide bonds. The Hall–Kier alpha value is -4.17. The number of hydrogen-bond acceptors (Lipinski definition) is 8. The lowest BCUT2D eigenvalue weighted by Gasteiger charge is -2.22. The molecule has 2 aromatic carbocycles. The van der Waals surface area contributed by atoms with Crippen molar-refractivity contribution in [1.29, 1.82) is 0 Å². The maximum atomic E-state index is 13.0. The van der Waals surface area contributed by atoms with Crippen LogP contribution in [0.1, 0.15) is 38.8 Å². The standard InChI is InChI=1S/C12H13F3N2O3.C10H11F3N2O2/c1-6(18)17(2)10-4-7(11(19)20-3)9(16)5-8(10)12(13,14)15;1-15-8-3-5(9(16)17-2)7(14)4-6(8)10(11,12)13/h4-5H,16H2,1-3H3;3-4,15H,14H2,1-2H3. The number of methoxy groups -OCH3 is 2. The van der Waals surface area contributed by atoms with E-state index in [1.807, 2.05) is 0 Å². The van der Waals surface area contributed by atoms with Crippen molar-refractivity contribution >= 4 is 40.6 Å². The zero-order chi connectivity index (χ0) is 28.9. The average Bonchev–Trinajstić information content (AvgIpc) is 2.81. The second-order valence-electron chi connectivity index (χ2n) is 7.25. The highest BCUT2D eigenvalue weighted by Gasteiger charge is 2.37. The number of nitrogens with zero attached hydrogens (tertiary/aromatic N) is 1. The van der Waals surface area contributed by atoms with Crippen LogP contribution < -0.4 is 21.7 Å². The number of benzene rings is 2. The molecule has 0 spiro atoms. The number of carbonyl (C=O) groups excluding carboxylic acids is 3. The monoisotopic (exact) mass is 538 g/mol. The zero-order valence-corrected chi connectivity index (χ0v) is 20.2. The van der Waals surface area contributed by atoms with Gasteiger partial charge in [-0.1, -0.05) is 0 Å². The molecule has 37 heavy (non-hydrogen) atoms. The summed E-state index contributed by atoms with van der Waals surface area (Å²) in [6.07, 6.45) is -9.25. The van der Waals surface area contributed by atoms with Crippen molar-refractivity contribution in [3.63, 3.8) is 0 Å². The molecule has 204 valence electrons. The highest BCUT2D eigenvalue weighted by Crippen LogP contribution is 2.39. The minimum absolute atomic E-state index is 0.107. The summed E-state index contributed by atoms with van der Waals surface area (Å²) in [5.74, 6) is -2.28. The van der Waals surface area contributed by atoms with Gasteiger partial charge in [-0.05, 0) is 24.3 Å². The van der Waals surface area contributed by atoms with Crippen molar-refractivity contribution in [3.05, 3.63) is 46.5 Å². The van der Waals surface area contributed by atoms with Crippen molar-refractivity contribution in [1.82, 2.24) is 0 Å². The van der Waals surface area contributed by atoms with Gasteiger partial charge in [0, 0.05) is 38.1 Å². The minimum Gasteiger partial charge on any atom is -0.465 e. The lowest BCUT2D eigenvalue weighted by Crippen LogP contribution is -2.26. The first kappa shape index (κ1) is 30.9. The molecule has 0 bridgehead atoms. The number of halogens is 6. The fourth-order valence-corrected chi connectivity index (χ4v) is 2.91. The molecule has 0 radical (unpaired) electrons. The summed E-state index contributed by atoms with van der Waals surface area (Å²) in [6.45, 7) is 1.11. The Morgan fingerprint density at radius 1 is 0.811 bits per heavy atom. The van der Waals surface area contributed by atoms with E-state index < -0.39 is 47.0 Å². The highest BCUT2D eigenvalue weighted by molar-refractivity contribution is 5.99. The van der Waals surface area contributed by atoms with Crippen molar-refractivity contribution in [2.75, 3.05) is 50.0 Å². The zero-order valence-electron chi connectivity index (χ0n) is 20.2. The molecule has 0 saturated carbocycles. The number of hydrogen-bond donors (Lipinski definition) is 3. The molecule has 0 aliphatic heterocycles. The van der Waals surface area contributed by atoms with E-state index in [0.29, 0.717) is 12.1 Å². The van der Waals surface area contributed by atoms with Gasteiger partial charge in [-0.2, -0.15) is 26.3 Å². The third kappa shape index (κ3) is 7.41. The van der Waals surface area contributed by atoms with Gasteiger partial charge in [0.1, 0.15) is 0 Å². The van der Waals surface area contributed by atoms with E-state index >= 15 is 0 Å². The van der Waals surface area contributed by atoms with Crippen LogP contribution in [0.3, 0.4) is 0 Å². The molecule has 0 heterocycles. The van der Waals surface area contributed by atoms with E-state index in [9.17, 15) is 40.7 Å². The molecule has 0 fully saturated rings. The molecule has 2 aromatic rings. The van der Waals surface area contributed by atoms with Crippen molar-refractivity contribution < 1.29 is 50.2 Å². The van der Waals surface area contributed by atoms with Crippen LogP contribution in [-0.2, 0) is 26.6 Å². The molecular formula is C22H24F6N4O5. The van der Waals surface area contributed by atoms with E-state index in [4.69, 9.17) is 11.5 Å². The van der Waals surface area contributed by atoms with E-state index in [1.54, 1.807) is 0 Å². The van der Waals surface area contributed by atoms with Crippen LogP contribution >= 0.6 is 0 Å². The van der Waals surface area contributed by atoms with Crippen LogP contribution in [0.25, 0.3) is 0 Å². The first-order valence-electron chi connectivity index (χ1n) is 10.0. The summed E-state index contributed by atoms with van der Waals surface area (Å²) in [6, 6.07) is 3.23. The number of carbonyl (C=O) groups is 3. The van der Waals surface area contributed by atoms with Gasteiger partial charge >= 0.3 is 24.3 Å². The van der Waals surface area contributed by atoms with Crippen molar-refractivity contribution in [2.24, 2.45) is 0 Å². The number of nitrogens with one attached hydrogen (secondary N) is 1. The molecular weight excluding hydrogens is 514 g/mol. The second kappa shape index (κ2) is 11.7. The average molecular weight is 538 g/mol. The van der Waals surface area contributed by atoms with E-state index in [2.05, 4.69) is 14.8 Å². The van der Waals surface area contributed by atoms with Crippen molar-refractivity contribution in [3.8, 4) is 0 Å². The molecule has 0 aliphatic carbocycles. The molecule has 0 aromatic heterocycles. The third-order valence-electron chi connectivity index (χ3n) is 4.88. The maximum absolute atomic E-state index is 13.0. The van der Waals surface area contributed by atoms with Crippen LogP contribution in [-0.4, -0.2) is 46.2 Å². The van der Waals surface area contributed by atoms with Crippen LogP contribution in [0.4, 0.5) is 49.1 Å². The summed E-state index contributed by atoms with van der Waals surface area (Å²) in [5.41, 5.74) is 7.13. The van der Waals surface area contributed by atoms with Crippen LogP contribution in [0.15, 0.2) is 24.3 Å². The van der Waals surface area contributed by atoms with Gasteiger partial charge in [0.25, 0.3) is 0 Å². The first-order valence-corrected chi connectivity index (χ1v) is 10.0. The summed E-state index contributed by atoms with van der Waals surface area (Å²) in [4.78, 5) is 34.8. The van der Waals surface area contributed by atoms with Gasteiger partial charge in [0.2, 0.25) is 5.91 Å². The lowest BCUT2D eigenvalue weighted by molar-refractivity contribution is -0.137. The summed E-state index contributed by atoms with van der Waals surface area (Å²) in [7, 11) is 4.69. The Bertz CT molecular complexity index is 1180. The fraction of sp³-hybridized carbons (Fsp3) is 0.318. The Balaban J connectivity index is 0.000000375. The molecule has 5 N–H and O–H groups in total. The minimum atomic E-state index is -4.71. The van der Waals surface area contributed by atoms with Gasteiger partial charge in [-0.25, -0.2) is 9.59 Å².